The Bertz CT molecular complexity index is 938. The summed E-state index contributed by atoms with van der Waals surface area (Å²) in [5, 5.41) is 7.48. The van der Waals surface area contributed by atoms with Gasteiger partial charge in [-0.3, -0.25) is 4.79 Å². The monoisotopic (exact) mass is 400 g/mol. The van der Waals surface area contributed by atoms with Gasteiger partial charge in [0, 0.05) is 22.2 Å². The number of halogens is 1. The van der Waals surface area contributed by atoms with Gasteiger partial charge in [0.15, 0.2) is 17.3 Å². The van der Waals surface area contributed by atoms with Crippen LogP contribution in [0.2, 0.25) is 5.02 Å². The minimum absolute atomic E-state index is 0.236. The molecule has 1 heterocycles. The number of ether oxygens (including phenoxy) is 2. The van der Waals surface area contributed by atoms with E-state index < -0.39 is 0 Å². The van der Waals surface area contributed by atoms with Crippen LogP contribution in [-0.2, 0) is 6.54 Å². The Morgan fingerprint density at radius 1 is 1.04 bits per heavy atom. The number of carbonyl (C=O) groups is 1. The number of benzene rings is 2. The summed E-state index contributed by atoms with van der Waals surface area (Å²) in [5.74, 6) is 1.54. The predicted octanol–water partition coefficient (Wildman–Crippen LogP) is 4.72. The van der Waals surface area contributed by atoms with Crippen molar-refractivity contribution in [3.63, 3.8) is 0 Å². The Hall–Kier alpha value is -2.99. The third-order valence-electron chi connectivity index (χ3n) is 3.92. The van der Waals surface area contributed by atoms with Crippen LogP contribution < -0.4 is 14.8 Å². The maximum absolute atomic E-state index is 12.5. The van der Waals surface area contributed by atoms with E-state index in [1.165, 1.54) is 0 Å². The molecule has 1 amide bonds. The summed E-state index contributed by atoms with van der Waals surface area (Å²) in [5.41, 5.74) is 1.96. The highest BCUT2D eigenvalue weighted by molar-refractivity contribution is 6.30. The highest BCUT2D eigenvalue weighted by Crippen LogP contribution is 2.28. The molecule has 3 rings (SSSR count). The minimum atomic E-state index is -0.236. The van der Waals surface area contributed by atoms with E-state index in [2.05, 4.69) is 10.5 Å². The summed E-state index contributed by atoms with van der Waals surface area (Å²) < 4.78 is 16.4. The van der Waals surface area contributed by atoms with E-state index in [9.17, 15) is 4.79 Å². The largest absolute Gasteiger partial charge is 0.490 e. The van der Waals surface area contributed by atoms with E-state index in [1.54, 1.807) is 36.4 Å². The van der Waals surface area contributed by atoms with Crippen LogP contribution in [0.3, 0.4) is 0 Å². The lowest BCUT2D eigenvalue weighted by atomic mass is 10.1. The lowest BCUT2D eigenvalue weighted by molar-refractivity contribution is 0.0949. The molecule has 0 unspecified atom stereocenters. The first-order valence-corrected chi connectivity index (χ1v) is 9.38. The van der Waals surface area contributed by atoms with E-state index in [0.717, 1.165) is 5.56 Å². The maximum Gasteiger partial charge on any atom is 0.251 e. The molecule has 0 bridgehead atoms. The van der Waals surface area contributed by atoms with Crippen molar-refractivity contribution >= 4 is 17.5 Å². The molecule has 0 aliphatic carbocycles. The molecule has 0 saturated carbocycles. The summed E-state index contributed by atoms with van der Waals surface area (Å²) in [6, 6.07) is 14.1. The van der Waals surface area contributed by atoms with Crippen molar-refractivity contribution in [2.75, 3.05) is 13.2 Å². The normalized spacial score (nSPS) is 10.5. The molecule has 1 aromatic heterocycles. The minimum Gasteiger partial charge on any atom is -0.490 e. The molecule has 0 fully saturated rings. The fourth-order valence-electron chi connectivity index (χ4n) is 2.61. The summed E-state index contributed by atoms with van der Waals surface area (Å²) in [6.07, 6.45) is 0. The van der Waals surface area contributed by atoms with E-state index in [4.69, 9.17) is 25.6 Å². The average molecular weight is 401 g/mol. The Kier molecular flexibility index (Phi) is 6.55. The summed E-state index contributed by atoms with van der Waals surface area (Å²) in [4.78, 5) is 12.5. The smallest absolute Gasteiger partial charge is 0.251 e. The second-order valence-electron chi connectivity index (χ2n) is 5.90. The van der Waals surface area contributed by atoms with E-state index >= 15 is 0 Å². The zero-order valence-corrected chi connectivity index (χ0v) is 16.5. The Labute approximate surface area is 168 Å². The molecule has 0 atom stereocenters. The number of nitrogens with one attached hydrogen (secondary N) is 1. The zero-order valence-electron chi connectivity index (χ0n) is 15.7. The summed E-state index contributed by atoms with van der Waals surface area (Å²) >= 11 is 5.89. The van der Waals surface area contributed by atoms with E-state index in [-0.39, 0.29) is 12.5 Å². The Balaban J connectivity index is 1.65. The van der Waals surface area contributed by atoms with Gasteiger partial charge in [-0.25, -0.2) is 0 Å². The molecule has 0 aliphatic rings. The predicted molar refractivity (Wildman–Crippen MR) is 107 cm³/mol. The second kappa shape index (κ2) is 9.28. The van der Waals surface area contributed by atoms with Gasteiger partial charge in [-0.1, -0.05) is 16.8 Å². The topological polar surface area (TPSA) is 73.6 Å². The molecule has 146 valence electrons. The SMILES string of the molecule is CCOc1ccc(C(=O)NCc2cc(-c3ccc(Cl)cc3)on2)cc1OCC. The molecule has 3 aromatic rings. The van der Waals surface area contributed by atoms with Gasteiger partial charge < -0.3 is 19.3 Å². The van der Waals surface area contributed by atoms with Crippen LogP contribution in [0, 0.1) is 0 Å². The van der Waals surface area contributed by atoms with Gasteiger partial charge in [0.1, 0.15) is 5.69 Å². The van der Waals surface area contributed by atoms with Crippen LogP contribution in [0.4, 0.5) is 0 Å². The van der Waals surface area contributed by atoms with Crippen molar-refractivity contribution in [3.05, 3.63) is 64.8 Å². The van der Waals surface area contributed by atoms with Crippen LogP contribution in [0.15, 0.2) is 53.1 Å². The number of nitrogens with zero attached hydrogens (tertiary/aromatic N) is 1. The molecular formula is C21H21ClN2O4. The van der Waals surface area contributed by atoms with Crippen LogP contribution in [0.5, 0.6) is 11.5 Å². The quantitative estimate of drug-likeness (QED) is 0.592. The maximum atomic E-state index is 12.5. The first-order valence-electron chi connectivity index (χ1n) is 9.00. The molecule has 7 heteroatoms. The van der Waals surface area contributed by atoms with Gasteiger partial charge in [0.25, 0.3) is 5.91 Å². The number of rotatable bonds is 8. The molecule has 0 saturated heterocycles. The van der Waals surface area contributed by atoms with Gasteiger partial charge in [0.2, 0.25) is 0 Å². The van der Waals surface area contributed by atoms with Crippen LogP contribution >= 0.6 is 11.6 Å². The molecule has 6 nitrogen and oxygen atoms in total. The van der Waals surface area contributed by atoms with Crippen molar-refractivity contribution in [2.45, 2.75) is 20.4 Å². The molecule has 1 N–H and O–H groups in total. The average Bonchev–Trinajstić information content (AvgIpc) is 3.17. The van der Waals surface area contributed by atoms with Gasteiger partial charge in [-0.2, -0.15) is 0 Å². The van der Waals surface area contributed by atoms with Gasteiger partial charge >= 0.3 is 0 Å². The lowest BCUT2D eigenvalue weighted by Crippen LogP contribution is -2.23. The van der Waals surface area contributed by atoms with Crippen molar-refractivity contribution in [3.8, 4) is 22.8 Å². The first kappa shape index (κ1) is 19.8. The molecule has 0 radical (unpaired) electrons. The number of hydrogen-bond acceptors (Lipinski definition) is 5. The molecule has 28 heavy (non-hydrogen) atoms. The third kappa shape index (κ3) is 4.84. The molecule has 0 spiro atoms. The fraction of sp³-hybridized carbons (Fsp3) is 0.238. The summed E-state index contributed by atoms with van der Waals surface area (Å²) in [7, 11) is 0. The zero-order chi connectivity index (χ0) is 19.9. The van der Waals surface area contributed by atoms with Crippen LogP contribution in [0.25, 0.3) is 11.3 Å². The van der Waals surface area contributed by atoms with Crippen molar-refractivity contribution in [2.24, 2.45) is 0 Å². The molecule has 0 aliphatic heterocycles. The highest BCUT2D eigenvalue weighted by atomic mass is 35.5. The molecular weight excluding hydrogens is 380 g/mol. The van der Waals surface area contributed by atoms with Crippen molar-refractivity contribution in [1.82, 2.24) is 10.5 Å². The number of amides is 1. The molecule has 2 aromatic carbocycles. The number of aromatic nitrogens is 1. The standard InChI is InChI=1S/C21H21ClN2O4/c1-3-26-18-10-7-15(11-20(18)27-4-2)21(25)23-13-17-12-19(28-24-17)14-5-8-16(22)9-6-14/h5-12H,3-4,13H2,1-2H3,(H,23,25). The van der Waals surface area contributed by atoms with Crippen molar-refractivity contribution in [1.29, 1.82) is 0 Å². The van der Waals surface area contributed by atoms with E-state index in [0.29, 0.717) is 46.8 Å². The fourth-order valence-corrected chi connectivity index (χ4v) is 2.74. The highest BCUT2D eigenvalue weighted by Gasteiger charge is 2.13. The third-order valence-corrected chi connectivity index (χ3v) is 4.18. The van der Waals surface area contributed by atoms with Gasteiger partial charge in [0.05, 0.1) is 19.8 Å². The van der Waals surface area contributed by atoms with Crippen LogP contribution in [0.1, 0.15) is 29.9 Å². The Morgan fingerprint density at radius 3 is 2.46 bits per heavy atom. The van der Waals surface area contributed by atoms with E-state index in [1.807, 2.05) is 26.0 Å². The van der Waals surface area contributed by atoms with Gasteiger partial charge in [-0.05, 0) is 56.3 Å². The van der Waals surface area contributed by atoms with Crippen LogP contribution in [-0.4, -0.2) is 24.3 Å². The lowest BCUT2D eigenvalue weighted by Gasteiger charge is -2.12. The number of hydrogen-bond donors (Lipinski definition) is 1. The number of carbonyl (C=O) groups excluding carboxylic acids is 1. The van der Waals surface area contributed by atoms with Crippen molar-refractivity contribution < 1.29 is 18.8 Å². The second-order valence-corrected chi connectivity index (χ2v) is 6.34. The van der Waals surface area contributed by atoms with Gasteiger partial charge in [-0.15, -0.1) is 0 Å². The Morgan fingerprint density at radius 2 is 1.75 bits per heavy atom. The first-order chi connectivity index (χ1) is 13.6. The summed E-state index contributed by atoms with van der Waals surface area (Å²) in [6.45, 7) is 5.02.